The zero-order valence-corrected chi connectivity index (χ0v) is 9.38. The molecule has 0 aromatic carbocycles. The summed E-state index contributed by atoms with van der Waals surface area (Å²) in [6.07, 6.45) is 4.22. The van der Waals surface area contributed by atoms with Gasteiger partial charge in [0.1, 0.15) is 17.8 Å². The van der Waals surface area contributed by atoms with Crippen molar-refractivity contribution in [3.8, 4) is 0 Å². The fourth-order valence-corrected chi connectivity index (χ4v) is 1.15. The third-order valence-electron chi connectivity index (χ3n) is 2.08. The van der Waals surface area contributed by atoms with Crippen LogP contribution in [0.15, 0.2) is 18.7 Å². The molecular weight excluding hydrogens is 222 g/mol. The SMILES string of the molecule is CNc1cnc(C(=O)Nc2ncnn2C)cn1. The molecule has 8 nitrogen and oxygen atoms in total. The topological polar surface area (TPSA) is 97.6 Å². The lowest BCUT2D eigenvalue weighted by molar-refractivity contribution is 0.102. The normalized spacial score (nSPS) is 10.0. The summed E-state index contributed by atoms with van der Waals surface area (Å²) in [7, 11) is 3.40. The van der Waals surface area contributed by atoms with Crippen molar-refractivity contribution >= 4 is 17.7 Å². The predicted octanol–water partition coefficient (Wildman–Crippen LogP) is -0.101. The second-order valence-corrected chi connectivity index (χ2v) is 3.20. The Labute approximate surface area is 97.1 Å². The van der Waals surface area contributed by atoms with E-state index < -0.39 is 0 Å². The number of carbonyl (C=O) groups excluding carboxylic acids is 1. The van der Waals surface area contributed by atoms with Crippen LogP contribution in [0.2, 0.25) is 0 Å². The lowest BCUT2D eigenvalue weighted by atomic mass is 10.4. The first kappa shape index (κ1) is 11.0. The molecule has 8 heteroatoms. The van der Waals surface area contributed by atoms with Crippen molar-refractivity contribution in [2.75, 3.05) is 17.7 Å². The summed E-state index contributed by atoms with van der Waals surface area (Å²) in [6, 6.07) is 0. The van der Waals surface area contributed by atoms with Crippen LogP contribution < -0.4 is 10.6 Å². The van der Waals surface area contributed by atoms with E-state index in [1.807, 2.05) is 0 Å². The van der Waals surface area contributed by atoms with E-state index in [0.717, 1.165) is 0 Å². The molecule has 0 unspecified atom stereocenters. The molecule has 0 bridgehead atoms. The number of amides is 1. The first-order valence-corrected chi connectivity index (χ1v) is 4.86. The number of anilines is 2. The van der Waals surface area contributed by atoms with E-state index in [1.54, 1.807) is 14.1 Å². The zero-order valence-electron chi connectivity index (χ0n) is 9.38. The average Bonchev–Trinajstić information content (AvgIpc) is 2.75. The van der Waals surface area contributed by atoms with Crippen LogP contribution in [0.3, 0.4) is 0 Å². The summed E-state index contributed by atoms with van der Waals surface area (Å²) in [4.78, 5) is 23.6. The van der Waals surface area contributed by atoms with Crippen LogP contribution in [0.25, 0.3) is 0 Å². The van der Waals surface area contributed by atoms with Crippen molar-refractivity contribution < 1.29 is 4.79 Å². The standard InChI is InChI=1S/C9H11N7O/c1-10-7-4-11-6(3-12-7)8(17)15-9-13-5-14-16(9)2/h3-5H,1-2H3,(H,10,12)(H,13,14,15,17). The number of rotatable bonds is 3. The Morgan fingerprint density at radius 2 is 2.12 bits per heavy atom. The number of nitrogens with zero attached hydrogens (tertiary/aromatic N) is 5. The minimum atomic E-state index is -0.378. The Hall–Kier alpha value is -2.51. The van der Waals surface area contributed by atoms with Gasteiger partial charge in [0.25, 0.3) is 5.91 Å². The minimum absolute atomic E-state index is 0.215. The van der Waals surface area contributed by atoms with Crippen LogP contribution in [0, 0.1) is 0 Å². The van der Waals surface area contributed by atoms with E-state index in [-0.39, 0.29) is 11.6 Å². The van der Waals surface area contributed by atoms with Gasteiger partial charge in [-0.1, -0.05) is 0 Å². The lowest BCUT2D eigenvalue weighted by Gasteiger charge is -2.03. The van der Waals surface area contributed by atoms with Gasteiger partial charge < -0.3 is 5.32 Å². The molecule has 0 saturated heterocycles. The number of hydrogen-bond acceptors (Lipinski definition) is 6. The van der Waals surface area contributed by atoms with Crippen LogP contribution in [-0.2, 0) is 7.05 Å². The highest BCUT2D eigenvalue weighted by Crippen LogP contribution is 2.03. The van der Waals surface area contributed by atoms with Gasteiger partial charge in [-0.2, -0.15) is 10.1 Å². The van der Waals surface area contributed by atoms with Gasteiger partial charge in [0.05, 0.1) is 12.4 Å². The number of aryl methyl sites for hydroxylation is 1. The summed E-state index contributed by atoms with van der Waals surface area (Å²) in [6.45, 7) is 0. The zero-order chi connectivity index (χ0) is 12.3. The maximum absolute atomic E-state index is 11.7. The highest BCUT2D eigenvalue weighted by molar-refractivity contribution is 6.01. The van der Waals surface area contributed by atoms with Gasteiger partial charge in [-0.05, 0) is 0 Å². The van der Waals surface area contributed by atoms with Crippen LogP contribution in [-0.4, -0.2) is 37.7 Å². The molecule has 0 spiro atoms. The number of hydrogen-bond donors (Lipinski definition) is 2. The molecule has 0 aliphatic heterocycles. The van der Waals surface area contributed by atoms with Crippen LogP contribution >= 0.6 is 0 Å². The van der Waals surface area contributed by atoms with Gasteiger partial charge in [-0.15, -0.1) is 0 Å². The Kier molecular flexibility index (Phi) is 2.95. The molecule has 0 atom stereocenters. The van der Waals surface area contributed by atoms with E-state index in [9.17, 15) is 4.79 Å². The Bertz CT molecular complexity index is 518. The monoisotopic (exact) mass is 233 g/mol. The van der Waals surface area contributed by atoms with Crippen molar-refractivity contribution in [1.29, 1.82) is 0 Å². The van der Waals surface area contributed by atoms with E-state index in [1.165, 1.54) is 23.4 Å². The summed E-state index contributed by atoms with van der Waals surface area (Å²) >= 11 is 0. The highest BCUT2D eigenvalue weighted by atomic mass is 16.2. The van der Waals surface area contributed by atoms with Gasteiger partial charge >= 0.3 is 0 Å². The third kappa shape index (κ3) is 2.36. The predicted molar refractivity (Wildman–Crippen MR) is 60.5 cm³/mol. The molecule has 0 saturated carbocycles. The summed E-state index contributed by atoms with van der Waals surface area (Å²) < 4.78 is 1.45. The van der Waals surface area contributed by atoms with Gasteiger partial charge in [0.15, 0.2) is 0 Å². The molecule has 2 N–H and O–H groups in total. The highest BCUT2D eigenvalue weighted by Gasteiger charge is 2.10. The fraction of sp³-hybridized carbons (Fsp3) is 0.222. The van der Waals surface area contributed by atoms with Gasteiger partial charge in [0.2, 0.25) is 5.95 Å². The van der Waals surface area contributed by atoms with Crippen molar-refractivity contribution in [2.45, 2.75) is 0 Å². The van der Waals surface area contributed by atoms with Crippen LogP contribution in [0.5, 0.6) is 0 Å². The lowest BCUT2D eigenvalue weighted by Crippen LogP contribution is -2.17. The molecule has 1 amide bonds. The minimum Gasteiger partial charge on any atom is -0.372 e. The average molecular weight is 233 g/mol. The second-order valence-electron chi connectivity index (χ2n) is 3.20. The van der Waals surface area contributed by atoms with Crippen LogP contribution in [0.4, 0.5) is 11.8 Å². The number of carbonyl (C=O) groups is 1. The molecular formula is C9H11N7O. The van der Waals surface area contributed by atoms with Crippen molar-refractivity contribution in [3.05, 3.63) is 24.4 Å². The van der Waals surface area contributed by atoms with E-state index in [2.05, 4.69) is 30.7 Å². The molecule has 2 aromatic heterocycles. The van der Waals surface area contributed by atoms with E-state index >= 15 is 0 Å². The van der Waals surface area contributed by atoms with Crippen molar-refractivity contribution in [1.82, 2.24) is 24.7 Å². The first-order chi connectivity index (χ1) is 8.20. The maximum Gasteiger partial charge on any atom is 0.278 e. The quantitative estimate of drug-likeness (QED) is 0.768. The number of aromatic nitrogens is 5. The second kappa shape index (κ2) is 4.56. The molecule has 0 aliphatic rings. The van der Waals surface area contributed by atoms with Crippen molar-refractivity contribution in [3.63, 3.8) is 0 Å². The number of nitrogens with one attached hydrogen (secondary N) is 2. The smallest absolute Gasteiger partial charge is 0.278 e. The molecule has 0 fully saturated rings. The third-order valence-corrected chi connectivity index (χ3v) is 2.08. The largest absolute Gasteiger partial charge is 0.372 e. The maximum atomic E-state index is 11.7. The Morgan fingerprint density at radius 3 is 2.65 bits per heavy atom. The van der Waals surface area contributed by atoms with E-state index in [0.29, 0.717) is 11.8 Å². The molecule has 2 heterocycles. The molecule has 17 heavy (non-hydrogen) atoms. The summed E-state index contributed by atoms with van der Waals surface area (Å²) in [5.74, 6) is 0.575. The summed E-state index contributed by atoms with van der Waals surface area (Å²) in [5, 5.41) is 9.22. The van der Waals surface area contributed by atoms with Gasteiger partial charge in [0, 0.05) is 14.1 Å². The summed E-state index contributed by atoms with van der Waals surface area (Å²) in [5.41, 5.74) is 0.215. The molecule has 2 rings (SSSR count). The van der Waals surface area contributed by atoms with E-state index in [4.69, 9.17) is 0 Å². The molecule has 88 valence electrons. The van der Waals surface area contributed by atoms with Gasteiger partial charge in [-0.25, -0.2) is 14.6 Å². The molecule has 2 aromatic rings. The fourth-order valence-electron chi connectivity index (χ4n) is 1.15. The Balaban J connectivity index is 2.12. The molecule has 0 radical (unpaired) electrons. The first-order valence-electron chi connectivity index (χ1n) is 4.86. The Morgan fingerprint density at radius 1 is 1.29 bits per heavy atom. The van der Waals surface area contributed by atoms with Crippen LogP contribution in [0.1, 0.15) is 10.5 Å². The van der Waals surface area contributed by atoms with Gasteiger partial charge in [-0.3, -0.25) is 10.1 Å². The van der Waals surface area contributed by atoms with Crippen molar-refractivity contribution in [2.24, 2.45) is 7.05 Å². The molecule has 0 aliphatic carbocycles.